The number of urea groups is 1. The van der Waals surface area contributed by atoms with Crippen molar-refractivity contribution in [1.82, 2.24) is 20.2 Å². The molecule has 2 amide bonds. The molecule has 1 aromatic heterocycles. The number of amides is 2. The number of carbonyl (C=O) groups is 1. The van der Waals surface area contributed by atoms with Crippen molar-refractivity contribution in [2.45, 2.75) is 31.9 Å². The molecule has 0 spiro atoms. The summed E-state index contributed by atoms with van der Waals surface area (Å²) in [6, 6.07) is 21.7. The van der Waals surface area contributed by atoms with E-state index < -0.39 is 0 Å². The SMILES string of the molecule is Cc1nccc(OC2CCN(C(=O)NC(c3ccccc3)c3ccccc3)CC2)n1. The van der Waals surface area contributed by atoms with Crippen LogP contribution in [0.15, 0.2) is 72.9 Å². The van der Waals surface area contributed by atoms with Crippen molar-refractivity contribution >= 4 is 6.03 Å². The molecule has 6 nitrogen and oxygen atoms in total. The Morgan fingerprint density at radius 2 is 1.60 bits per heavy atom. The third kappa shape index (κ3) is 4.95. The molecule has 30 heavy (non-hydrogen) atoms. The molecule has 0 radical (unpaired) electrons. The Morgan fingerprint density at radius 1 is 1.00 bits per heavy atom. The standard InChI is InChI=1S/C24H26N4O2/c1-18-25-15-12-22(26-18)30-21-13-16-28(17-14-21)24(29)27-23(19-8-4-2-5-9-19)20-10-6-3-7-11-20/h2-12,15,21,23H,13-14,16-17H2,1H3,(H,27,29). The van der Waals surface area contributed by atoms with Crippen LogP contribution in [0.5, 0.6) is 5.88 Å². The maximum Gasteiger partial charge on any atom is 0.318 e. The molecular weight excluding hydrogens is 376 g/mol. The first-order valence-corrected chi connectivity index (χ1v) is 10.3. The van der Waals surface area contributed by atoms with Crippen molar-refractivity contribution in [3.63, 3.8) is 0 Å². The van der Waals surface area contributed by atoms with Gasteiger partial charge in [0.25, 0.3) is 0 Å². The lowest BCUT2D eigenvalue weighted by atomic mass is 9.99. The second-order valence-corrected chi connectivity index (χ2v) is 7.45. The molecule has 1 saturated heterocycles. The molecule has 0 bridgehead atoms. The van der Waals surface area contributed by atoms with E-state index in [1.54, 1.807) is 12.3 Å². The van der Waals surface area contributed by atoms with E-state index in [4.69, 9.17) is 4.74 Å². The number of aryl methyl sites for hydroxylation is 1. The first kappa shape index (κ1) is 19.9. The van der Waals surface area contributed by atoms with Gasteiger partial charge in [-0.1, -0.05) is 60.7 Å². The number of piperidine rings is 1. The van der Waals surface area contributed by atoms with Crippen LogP contribution in [0, 0.1) is 6.92 Å². The molecule has 1 aliphatic rings. The predicted molar refractivity (Wildman–Crippen MR) is 115 cm³/mol. The molecular formula is C24H26N4O2. The number of aromatic nitrogens is 2. The Bertz CT molecular complexity index is 918. The van der Waals surface area contributed by atoms with E-state index in [2.05, 4.69) is 15.3 Å². The molecule has 4 rings (SSSR count). The van der Waals surface area contributed by atoms with E-state index >= 15 is 0 Å². The van der Waals surface area contributed by atoms with Crippen LogP contribution in [0.1, 0.15) is 35.8 Å². The van der Waals surface area contributed by atoms with Gasteiger partial charge in [-0.15, -0.1) is 0 Å². The highest BCUT2D eigenvalue weighted by molar-refractivity contribution is 5.75. The summed E-state index contributed by atoms with van der Waals surface area (Å²) in [5.74, 6) is 1.29. The monoisotopic (exact) mass is 402 g/mol. The van der Waals surface area contributed by atoms with Gasteiger partial charge in [-0.25, -0.2) is 9.78 Å². The minimum absolute atomic E-state index is 0.0518. The van der Waals surface area contributed by atoms with E-state index in [1.165, 1.54) is 0 Å². The number of rotatable bonds is 5. The lowest BCUT2D eigenvalue weighted by molar-refractivity contribution is 0.106. The Kier molecular flexibility index (Phi) is 6.23. The smallest absolute Gasteiger partial charge is 0.318 e. The van der Waals surface area contributed by atoms with Gasteiger partial charge in [0.2, 0.25) is 5.88 Å². The normalized spacial score (nSPS) is 14.5. The summed E-state index contributed by atoms with van der Waals surface area (Å²) >= 11 is 0. The van der Waals surface area contributed by atoms with Gasteiger partial charge >= 0.3 is 6.03 Å². The first-order chi connectivity index (χ1) is 14.7. The highest BCUT2D eigenvalue weighted by Crippen LogP contribution is 2.23. The number of hydrogen-bond donors (Lipinski definition) is 1. The Labute approximate surface area is 176 Å². The Balaban J connectivity index is 1.38. The zero-order chi connectivity index (χ0) is 20.8. The second-order valence-electron chi connectivity index (χ2n) is 7.45. The number of nitrogens with zero attached hydrogens (tertiary/aromatic N) is 3. The lowest BCUT2D eigenvalue weighted by Gasteiger charge is -2.33. The van der Waals surface area contributed by atoms with Crippen molar-refractivity contribution in [3.05, 3.63) is 89.9 Å². The maximum absolute atomic E-state index is 13.0. The van der Waals surface area contributed by atoms with Gasteiger partial charge in [-0.05, 0) is 18.1 Å². The molecule has 6 heteroatoms. The van der Waals surface area contributed by atoms with Crippen molar-refractivity contribution < 1.29 is 9.53 Å². The summed E-state index contributed by atoms with van der Waals surface area (Å²) < 4.78 is 5.97. The average molecular weight is 402 g/mol. The van der Waals surface area contributed by atoms with Crippen LogP contribution in [0.25, 0.3) is 0 Å². The van der Waals surface area contributed by atoms with Crippen LogP contribution in [0.3, 0.4) is 0 Å². The highest BCUT2D eigenvalue weighted by Gasteiger charge is 2.26. The fraction of sp³-hybridized carbons (Fsp3) is 0.292. The zero-order valence-electron chi connectivity index (χ0n) is 17.1. The topological polar surface area (TPSA) is 67.3 Å². The fourth-order valence-corrected chi connectivity index (χ4v) is 3.71. The molecule has 1 N–H and O–H groups in total. The number of ether oxygens (including phenoxy) is 1. The third-order valence-electron chi connectivity index (χ3n) is 5.30. The number of hydrogen-bond acceptors (Lipinski definition) is 4. The zero-order valence-corrected chi connectivity index (χ0v) is 17.1. The second kappa shape index (κ2) is 9.39. The fourth-order valence-electron chi connectivity index (χ4n) is 3.71. The molecule has 0 aliphatic carbocycles. The third-order valence-corrected chi connectivity index (χ3v) is 5.30. The number of likely N-dealkylation sites (tertiary alicyclic amines) is 1. The largest absolute Gasteiger partial charge is 0.474 e. The summed E-state index contributed by atoms with van der Waals surface area (Å²) in [5.41, 5.74) is 2.13. The molecule has 2 aromatic carbocycles. The summed E-state index contributed by atoms with van der Waals surface area (Å²) in [5, 5.41) is 3.22. The van der Waals surface area contributed by atoms with Crippen LogP contribution < -0.4 is 10.1 Å². The average Bonchev–Trinajstić information content (AvgIpc) is 2.79. The summed E-state index contributed by atoms with van der Waals surface area (Å²) in [7, 11) is 0. The van der Waals surface area contributed by atoms with Gasteiger partial charge in [0.05, 0.1) is 6.04 Å². The molecule has 0 saturated carbocycles. The van der Waals surface area contributed by atoms with Crippen LogP contribution >= 0.6 is 0 Å². The summed E-state index contributed by atoms with van der Waals surface area (Å²) in [6.45, 7) is 3.14. The van der Waals surface area contributed by atoms with Crippen molar-refractivity contribution in [3.8, 4) is 5.88 Å². The van der Waals surface area contributed by atoms with Gasteiger partial charge in [-0.2, -0.15) is 4.98 Å². The molecule has 1 fully saturated rings. The van der Waals surface area contributed by atoms with Crippen LogP contribution in [0.2, 0.25) is 0 Å². The van der Waals surface area contributed by atoms with Gasteiger partial charge < -0.3 is 15.0 Å². The van der Waals surface area contributed by atoms with Gasteiger partial charge in [-0.3, -0.25) is 0 Å². The van der Waals surface area contributed by atoms with Gasteiger partial charge in [0.1, 0.15) is 11.9 Å². The van der Waals surface area contributed by atoms with Crippen molar-refractivity contribution in [1.29, 1.82) is 0 Å². The van der Waals surface area contributed by atoms with E-state index in [-0.39, 0.29) is 18.2 Å². The molecule has 2 heterocycles. The van der Waals surface area contributed by atoms with Crippen molar-refractivity contribution in [2.75, 3.05) is 13.1 Å². The molecule has 3 aromatic rings. The highest BCUT2D eigenvalue weighted by atomic mass is 16.5. The predicted octanol–water partition coefficient (Wildman–Crippen LogP) is 4.13. The van der Waals surface area contributed by atoms with Crippen LogP contribution in [-0.2, 0) is 0 Å². The number of carbonyl (C=O) groups excluding carboxylic acids is 1. The molecule has 0 unspecified atom stereocenters. The quantitative estimate of drug-likeness (QED) is 0.697. The van der Waals surface area contributed by atoms with Crippen LogP contribution in [0.4, 0.5) is 4.79 Å². The van der Waals surface area contributed by atoms with E-state index in [9.17, 15) is 4.79 Å². The van der Waals surface area contributed by atoms with Crippen molar-refractivity contribution in [2.24, 2.45) is 0 Å². The van der Waals surface area contributed by atoms with E-state index in [0.29, 0.717) is 24.8 Å². The lowest BCUT2D eigenvalue weighted by Crippen LogP contribution is -2.47. The Morgan fingerprint density at radius 3 is 2.17 bits per heavy atom. The van der Waals surface area contributed by atoms with Gasteiger partial charge in [0, 0.05) is 38.2 Å². The minimum atomic E-state index is -0.183. The summed E-state index contributed by atoms with van der Waals surface area (Å²) in [4.78, 5) is 23.3. The number of nitrogens with one attached hydrogen (secondary N) is 1. The first-order valence-electron chi connectivity index (χ1n) is 10.3. The number of benzene rings is 2. The minimum Gasteiger partial charge on any atom is -0.474 e. The van der Waals surface area contributed by atoms with E-state index in [1.807, 2.05) is 72.5 Å². The van der Waals surface area contributed by atoms with Crippen LogP contribution in [-0.4, -0.2) is 40.1 Å². The molecule has 1 aliphatic heterocycles. The summed E-state index contributed by atoms with van der Waals surface area (Å²) in [6.07, 6.45) is 3.31. The Hall–Kier alpha value is -3.41. The maximum atomic E-state index is 13.0. The molecule has 154 valence electrons. The van der Waals surface area contributed by atoms with E-state index in [0.717, 1.165) is 24.0 Å². The molecule has 0 atom stereocenters. The van der Waals surface area contributed by atoms with Gasteiger partial charge in [0.15, 0.2) is 0 Å².